The van der Waals surface area contributed by atoms with Crippen molar-refractivity contribution in [1.82, 2.24) is 0 Å². The summed E-state index contributed by atoms with van der Waals surface area (Å²) in [5, 5.41) is 0. The number of benzene rings is 12. The van der Waals surface area contributed by atoms with Crippen LogP contribution in [0.25, 0.3) is 55.6 Å². The van der Waals surface area contributed by atoms with E-state index in [1.54, 1.807) is 0 Å². The first-order chi connectivity index (χ1) is 43.1. The minimum absolute atomic E-state index is 0.0864. The molecule has 1 spiro atoms. The summed E-state index contributed by atoms with van der Waals surface area (Å²) in [6.45, 7) is 9.60. The van der Waals surface area contributed by atoms with Crippen LogP contribution in [-0.4, -0.2) is 0 Å². The Hall–Kier alpha value is -10.5. The highest BCUT2D eigenvalue weighted by atomic mass is 16.5. The Morgan fingerprint density at radius 1 is 0.295 bits per heavy atom. The van der Waals surface area contributed by atoms with E-state index in [-0.39, 0.29) is 10.8 Å². The summed E-state index contributed by atoms with van der Waals surface area (Å²) in [5.41, 5.74) is 27.3. The van der Waals surface area contributed by atoms with Gasteiger partial charge in [0.2, 0.25) is 0 Å². The van der Waals surface area contributed by atoms with Crippen molar-refractivity contribution in [1.29, 1.82) is 0 Å². The molecule has 5 aliphatic rings. The summed E-state index contributed by atoms with van der Waals surface area (Å²) in [7, 11) is 0. The summed E-state index contributed by atoms with van der Waals surface area (Å²) in [4.78, 5) is 4.95. The Labute approximate surface area is 516 Å². The average molecular weight is 1130 g/mol. The van der Waals surface area contributed by atoms with Gasteiger partial charge in [-0.2, -0.15) is 0 Å². The minimum Gasteiger partial charge on any atom is -0.457 e. The molecule has 0 N–H and O–H groups in total. The third kappa shape index (κ3) is 7.76. The molecule has 3 nitrogen and oxygen atoms in total. The van der Waals surface area contributed by atoms with E-state index >= 15 is 0 Å². The van der Waals surface area contributed by atoms with Gasteiger partial charge in [-0.1, -0.05) is 246 Å². The van der Waals surface area contributed by atoms with E-state index in [2.05, 4.69) is 341 Å². The standard InChI is InChI=1S/C85H64N2O/c1-83(2)73-31-17-13-29-69(73)71-47-43-61(51-77(71)83)86(59-39-35-57(36-40-59)55-21-7-5-8-22-55)63-45-49-81-79(53-63)85(75-33-19-15-27-67(75)65-25-11-12-26-66(65)68-28-16-20-34-76(68)85)80-54-64(46-50-82(80)88-81)87(60-41-37-58(38-42-60)56-23-9-6-10-24-56)62-44-48-72-70-30-14-18-32-74(70)84(3,4)78(72)52-62/h5-54,69,73H,1-4H3. The second-order valence-corrected chi connectivity index (χ2v) is 25.6. The fourth-order valence-electron chi connectivity index (χ4n) is 16.0. The van der Waals surface area contributed by atoms with Crippen LogP contribution < -0.4 is 14.5 Å². The molecule has 2 atom stereocenters. The van der Waals surface area contributed by atoms with Crippen LogP contribution in [0.4, 0.5) is 34.1 Å². The van der Waals surface area contributed by atoms with Crippen molar-refractivity contribution >= 4 is 34.1 Å². The molecular weight excluding hydrogens is 1060 g/mol. The number of ether oxygens (including phenoxy) is 1. The van der Waals surface area contributed by atoms with Crippen LogP contribution in [0.15, 0.2) is 303 Å². The molecule has 12 aromatic rings. The molecule has 0 radical (unpaired) electrons. The highest BCUT2D eigenvalue weighted by Gasteiger charge is 2.50. The molecule has 0 fully saturated rings. The van der Waals surface area contributed by atoms with E-state index < -0.39 is 5.41 Å². The lowest BCUT2D eigenvalue weighted by Crippen LogP contribution is -2.35. The van der Waals surface area contributed by atoms with E-state index in [0.717, 1.165) is 56.8 Å². The molecule has 12 aromatic carbocycles. The molecule has 1 aliphatic heterocycles. The Morgan fingerprint density at radius 2 is 0.670 bits per heavy atom. The first-order valence-corrected chi connectivity index (χ1v) is 31.1. The Balaban J connectivity index is 0.918. The van der Waals surface area contributed by atoms with E-state index in [4.69, 9.17) is 4.74 Å². The van der Waals surface area contributed by atoms with E-state index in [0.29, 0.717) is 11.8 Å². The van der Waals surface area contributed by atoms with Crippen molar-refractivity contribution in [2.75, 3.05) is 9.80 Å². The van der Waals surface area contributed by atoms with Gasteiger partial charge in [0.05, 0.1) is 5.41 Å². The fraction of sp³-hybridized carbons (Fsp3) is 0.106. The number of allylic oxidation sites excluding steroid dienone is 4. The van der Waals surface area contributed by atoms with Crippen molar-refractivity contribution in [3.05, 3.63) is 348 Å². The summed E-state index contributed by atoms with van der Waals surface area (Å²) >= 11 is 0. The SMILES string of the molecule is CC1(C)c2ccccc2-c2ccc(N(c3ccc(-c4ccccc4)cc3)c3ccc4c(c3)C3(c5cc(N(c6ccc(-c7ccccc7)cc6)c6ccc7c(c6)C(C)(C)C6C=CC=CC76)ccc5O4)c4ccccc4-c4ccccc4-c4ccccc43)cc21. The van der Waals surface area contributed by atoms with Crippen LogP contribution in [0, 0.1) is 5.92 Å². The Morgan fingerprint density at radius 3 is 1.19 bits per heavy atom. The van der Waals surface area contributed by atoms with Gasteiger partial charge >= 0.3 is 0 Å². The zero-order valence-electron chi connectivity index (χ0n) is 49.8. The van der Waals surface area contributed by atoms with Crippen LogP contribution in [0.1, 0.15) is 78.1 Å². The lowest BCUT2D eigenvalue weighted by atomic mass is 9.62. The molecule has 0 aromatic heterocycles. The number of rotatable bonds is 8. The minimum atomic E-state index is -0.914. The van der Waals surface area contributed by atoms with Crippen molar-refractivity contribution in [2.45, 2.75) is 49.9 Å². The van der Waals surface area contributed by atoms with Gasteiger partial charge in [0.25, 0.3) is 0 Å². The highest BCUT2D eigenvalue weighted by Crippen LogP contribution is 2.63. The fourth-order valence-corrected chi connectivity index (χ4v) is 16.0. The highest BCUT2D eigenvalue weighted by molar-refractivity contribution is 5.95. The van der Waals surface area contributed by atoms with E-state index in [1.807, 2.05) is 0 Å². The molecule has 420 valence electrons. The number of hydrogen-bond donors (Lipinski definition) is 0. The molecule has 2 unspecified atom stereocenters. The Bertz CT molecular complexity index is 4770. The van der Waals surface area contributed by atoms with Gasteiger partial charge in [0.1, 0.15) is 11.5 Å². The number of anilines is 6. The van der Waals surface area contributed by atoms with Gasteiger partial charge in [0.15, 0.2) is 0 Å². The van der Waals surface area contributed by atoms with Gasteiger partial charge in [0, 0.05) is 56.6 Å². The van der Waals surface area contributed by atoms with Crippen LogP contribution in [-0.2, 0) is 16.2 Å². The predicted octanol–water partition coefficient (Wildman–Crippen LogP) is 22.5. The molecule has 0 amide bonds. The molecule has 88 heavy (non-hydrogen) atoms. The van der Waals surface area contributed by atoms with Gasteiger partial charge in [-0.05, 0) is 185 Å². The second kappa shape index (κ2) is 19.8. The zero-order valence-corrected chi connectivity index (χ0v) is 49.8. The van der Waals surface area contributed by atoms with Crippen LogP contribution in [0.3, 0.4) is 0 Å². The molecular formula is C85H64N2O. The monoisotopic (exact) mass is 1130 g/mol. The lowest BCUT2D eigenvalue weighted by molar-refractivity contribution is 0.394. The van der Waals surface area contributed by atoms with Crippen LogP contribution >= 0.6 is 0 Å². The zero-order chi connectivity index (χ0) is 58.9. The van der Waals surface area contributed by atoms with Crippen LogP contribution in [0.2, 0.25) is 0 Å². The van der Waals surface area contributed by atoms with Crippen molar-refractivity contribution in [2.24, 2.45) is 5.92 Å². The second-order valence-electron chi connectivity index (χ2n) is 25.6. The molecule has 1 heterocycles. The van der Waals surface area contributed by atoms with E-state index in [1.165, 1.54) is 89.0 Å². The number of hydrogen-bond acceptors (Lipinski definition) is 3. The summed E-state index contributed by atoms with van der Waals surface area (Å²) in [6.07, 6.45) is 9.28. The quantitative estimate of drug-likeness (QED) is 0.151. The number of fused-ring (bicyclic) bond motifs is 17. The van der Waals surface area contributed by atoms with Gasteiger partial charge in [-0.15, -0.1) is 0 Å². The topological polar surface area (TPSA) is 15.7 Å². The van der Waals surface area contributed by atoms with Gasteiger partial charge < -0.3 is 14.5 Å². The molecule has 0 saturated carbocycles. The predicted molar refractivity (Wildman–Crippen MR) is 365 cm³/mol. The maximum Gasteiger partial charge on any atom is 0.132 e. The van der Waals surface area contributed by atoms with Crippen molar-refractivity contribution < 1.29 is 4.74 Å². The van der Waals surface area contributed by atoms with E-state index in [9.17, 15) is 0 Å². The molecule has 4 aliphatic carbocycles. The smallest absolute Gasteiger partial charge is 0.132 e. The lowest BCUT2D eigenvalue weighted by Gasteiger charge is -2.43. The third-order valence-electron chi connectivity index (χ3n) is 20.2. The van der Waals surface area contributed by atoms with Gasteiger partial charge in [-0.25, -0.2) is 0 Å². The maximum atomic E-state index is 7.49. The Kier molecular flexibility index (Phi) is 11.7. The summed E-state index contributed by atoms with van der Waals surface area (Å²) in [6, 6.07) is 104. The van der Waals surface area contributed by atoms with Crippen molar-refractivity contribution in [3.63, 3.8) is 0 Å². The molecule has 0 saturated heterocycles. The summed E-state index contributed by atoms with van der Waals surface area (Å²) in [5.74, 6) is 2.36. The third-order valence-corrected chi connectivity index (χ3v) is 20.2. The molecule has 17 rings (SSSR count). The van der Waals surface area contributed by atoms with Crippen LogP contribution in [0.5, 0.6) is 11.5 Å². The maximum absolute atomic E-state index is 7.49. The van der Waals surface area contributed by atoms with Crippen molar-refractivity contribution in [3.8, 4) is 67.1 Å². The normalized spacial score (nSPS) is 16.7. The molecule has 0 bridgehead atoms. The first kappa shape index (κ1) is 51.9. The molecule has 3 heteroatoms. The largest absolute Gasteiger partial charge is 0.457 e. The average Bonchev–Trinajstić information content (AvgIpc) is 1.46. The number of nitrogens with zero attached hydrogens (tertiary/aromatic N) is 2. The first-order valence-electron chi connectivity index (χ1n) is 31.1. The summed E-state index contributed by atoms with van der Waals surface area (Å²) < 4.78 is 7.49. The van der Waals surface area contributed by atoms with Gasteiger partial charge in [-0.3, -0.25) is 0 Å².